The molecule has 158 valence electrons. The molecule has 0 unspecified atom stereocenters. The lowest BCUT2D eigenvalue weighted by Crippen LogP contribution is -2.50. The second-order valence-corrected chi connectivity index (χ2v) is 10.5. The molecular weight excluding hydrogens is 444 g/mol. The molecule has 1 aliphatic heterocycles. The van der Waals surface area contributed by atoms with E-state index in [-0.39, 0.29) is 29.6 Å². The van der Waals surface area contributed by atoms with Crippen molar-refractivity contribution in [3.8, 4) is 0 Å². The van der Waals surface area contributed by atoms with E-state index >= 15 is 0 Å². The minimum absolute atomic E-state index is 0.0533. The number of nitrogens with zero attached hydrogens (tertiary/aromatic N) is 6. The molecule has 1 amide bonds. The largest absolute Gasteiger partial charge is 0.339 e. The number of tetrazole rings is 1. The van der Waals surface area contributed by atoms with Crippen molar-refractivity contribution in [3.63, 3.8) is 0 Å². The fraction of sp³-hybridized carbons (Fsp3) is 0.333. The van der Waals surface area contributed by atoms with Crippen molar-refractivity contribution in [2.75, 3.05) is 31.9 Å². The van der Waals surface area contributed by atoms with Crippen LogP contribution in [0.5, 0.6) is 0 Å². The van der Waals surface area contributed by atoms with Crippen LogP contribution in [0.1, 0.15) is 4.88 Å². The van der Waals surface area contributed by atoms with Gasteiger partial charge in [-0.25, -0.2) is 13.1 Å². The summed E-state index contributed by atoms with van der Waals surface area (Å²) in [6.07, 6.45) is 0. The number of hydrogen-bond acceptors (Lipinski definition) is 8. The summed E-state index contributed by atoms with van der Waals surface area (Å²) < 4.78 is 28.5. The first kappa shape index (κ1) is 21.0. The van der Waals surface area contributed by atoms with E-state index in [0.717, 1.165) is 4.88 Å². The molecule has 3 aromatic rings. The van der Waals surface area contributed by atoms with E-state index in [1.165, 1.54) is 16.1 Å². The number of thioether (sulfide) groups is 1. The van der Waals surface area contributed by atoms with Crippen LogP contribution < -0.4 is 0 Å². The van der Waals surface area contributed by atoms with Crippen molar-refractivity contribution in [3.05, 3.63) is 52.7 Å². The van der Waals surface area contributed by atoms with E-state index in [4.69, 9.17) is 0 Å². The Morgan fingerprint density at radius 2 is 1.83 bits per heavy atom. The predicted molar refractivity (Wildman–Crippen MR) is 114 cm³/mol. The Hall–Kier alpha value is -2.28. The van der Waals surface area contributed by atoms with Gasteiger partial charge in [0.2, 0.25) is 21.1 Å². The minimum Gasteiger partial charge on any atom is -0.339 e. The molecule has 2 aromatic heterocycles. The predicted octanol–water partition coefficient (Wildman–Crippen LogP) is 1.41. The summed E-state index contributed by atoms with van der Waals surface area (Å²) in [5.41, 5.74) is 0. The number of piperazine rings is 1. The summed E-state index contributed by atoms with van der Waals surface area (Å²) in [6.45, 7) is 1.86. The lowest BCUT2D eigenvalue weighted by atomic mass is 10.3. The molecule has 4 rings (SSSR count). The molecule has 30 heavy (non-hydrogen) atoms. The van der Waals surface area contributed by atoms with Gasteiger partial charge in [0, 0.05) is 31.1 Å². The topological polar surface area (TPSA) is 101 Å². The maximum absolute atomic E-state index is 12.7. The smallest absolute Gasteiger partial charge is 0.243 e. The van der Waals surface area contributed by atoms with Gasteiger partial charge < -0.3 is 4.90 Å². The molecule has 0 atom stereocenters. The first-order valence-corrected chi connectivity index (χ1v) is 12.6. The molecule has 3 heterocycles. The number of thiophene rings is 1. The van der Waals surface area contributed by atoms with Gasteiger partial charge >= 0.3 is 0 Å². The van der Waals surface area contributed by atoms with Crippen LogP contribution in [0.15, 0.2) is 57.9 Å². The number of amides is 1. The quantitative estimate of drug-likeness (QED) is 0.487. The average molecular weight is 465 g/mol. The molecule has 1 saturated heterocycles. The standard InChI is InChI=1S/C18H20N6O3S3/c25-17(14-29-18-19-20-21-24(18)13-15-5-4-12-28-15)22-8-10-23(11-9-22)30(26,27)16-6-2-1-3-7-16/h1-7,12H,8-11,13-14H2. The second kappa shape index (κ2) is 9.25. The van der Waals surface area contributed by atoms with Gasteiger partial charge in [-0.15, -0.1) is 16.4 Å². The SMILES string of the molecule is O=C(CSc1nnnn1Cc1cccs1)N1CCN(S(=O)(=O)c2ccccc2)CC1. The molecule has 1 aromatic carbocycles. The third-order valence-corrected chi connectivity index (χ3v) is 8.40. The fourth-order valence-electron chi connectivity index (χ4n) is 3.09. The Kier molecular flexibility index (Phi) is 6.46. The van der Waals surface area contributed by atoms with Crippen molar-refractivity contribution in [2.45, 2.75) is 16.6 Å². The second-order valence-electron chi connectivity index (χ2n) is 6.59. The monoisotopic (exact) mass is 464 g/mol. The van der Waals surface area contributed by atoms with E-state index < -0.39 is 10.0 Å². The van der Waals surface area contributed by atoms with Gasteiger partial charge in [-0.3, -0.25) is 4.79 Å². The van der Waals surface area contributed by atoms with Crippen molar-refractivity contribution in [1.29, 1.82) is 0 Å². The van der Waals surface area contributed by atoms with Crippen LogP contribution in [0, 0.1) is 0 Å². The number of sulfonamides is 1. The van der Waals surface area contributed by atoms with Gasteiger partial charge in [0.1, 0.15) is 0 Å². The van der Waals surface area contributed by atoms with Crippen molar-refractivity contribution >= 4 is 39.0 Å². The van der Waals surface area contributed by atoms with Crippen LogP contribution in [-0.4, -0.2) is 75.7 Å². The summed E-state index contributed by atoms with van der Waals surface area (Å²) in [4.78, 5) is 15.7. The number of rotatable bonds is 7. The zero-order chi connectivity index (χ0) is 21.0. The van der Waals surface area contributed by atoms with Crippen molar-refractivity contribution in [2.24, 2.45) is 0 Å². The number of carbonyl (C=O) groups is 1. The molecule has 9 nitrogen and oxygen atoms in total. The van der Waals surface area contributed by atoms with Gasteiger partial charge in [-0.2, -0.15) is 4.31 Å². The van der Waals surface area contributed by atoms with E-state index in [9.17, 15) is 13.2 Å². The summed E-state index contributed by atoms with van der Waals surface area (Å²) in [5.74, 6) is 0.151. The van der Waals surface area contributed by atoms with Gasteiger partial charge in [0.15, 0.2) is 0 Å². The highest BCUT2D eigenvalue weighted by Crippen LogP contribution is 2.20. The van der Waals surface area contributed by atoms with Crippen LogP contribution in [-0.2, 0) is 21.4 Å². The zero-order valence-electron chi connectivity index (χ0n) is 16.0. The number of carbonyl (C=O) groups excluding carboxylic acids is 1. The first-order chi connectivity index (χ1) is 14.5. The third-order valence-electron chi connectivity index (χ3n) is 4.68. The highest BCUT2D eigenvalue weighted by atomic mass is 32.2. The van der Waals surface area contributed by atoms with Gasteiger partial charge in [-0.1, -0.05) is 36.0 Å². The summed E-state index contributed by atoms with van der Waals surface area (Å²) in [5, 5.41) is 14.3. The lowest BCUT2D eigenvalue weighted by Gasteiger charge is -2.34. The van der Waals surface area contributed by atoms with Crippen molar-refractivity contribution < 1.29 is 13.2 Å². The summed E-state index contributed by atoms with van der Waals surface area (Å²) in [7, 11) is -3.53. The number of benzene rings is 1. The molecule has 1 aliphatic rings. The average Bonchev–Trinajstić information content (AvgIpc) is 3.45. The molecule has 12 heteroatoms. The molecule has 1 fully saturated rings. The van der Waals surface area contributed by atoms with Crippen molar-refractivity contribution in [1.82, 2.24) is 29.4 Å². The van der Waals surface area contributed by atoms with Gasteiger partial charge in [-0.05, 0) is 34.0 Å². The van der Waals surface area contributed by atoms with E-state index in [0.29, 0.717) is 24.8 Å². The lowest BCUT2D eigenvalue weighted by molar-refractivity contribution is -0.129. The Morgan fingerprint density at radius 1 is 1.07 bits per heavy atom. The van der Waals surface area contributed by atoms with Crippen LogP contribution >= 0.6 is 23.1 Å². The molecule has 0 radical (unpaired) electrons. The molecule has 0 saturated carbocycles. The minimum atomic E-state index is -3.53. The summed E-state index contributed by atoms with van der Waals surface area (Å²) in [6, 6.07) is 12.3. The van der Waals surface area contributed by atoms with Crippen LogP contribution in [0.4, 0.5) is 0 Å². The van der Waals surface area contributed by atoms with Gasteiger partial charge in [0.05, 0.1) is 17.2 Å². The Morgan fingerprint density at radius 3 is 2.53 bits per heavy atom. The summed E-state index contributed by atoms with van der Waals surface area (Å²) >= 11 is 2.91. The Balaban J connectivity index is 1.30. The molecule has 0 N–H and O–H groups in total. The zero-order valence-corrected chi connectivity index (χ0v) is 18.4. The third kappa shape index (κ3) is 4.72. The van der Waals surface area contributed by atoms with E-state index in [1.54, 1.807) is 51.3 Å². The van der Waals surface area contributed by atoms with E-state index in [1.807, 2.05) is 17.5 Å². The Labute approximate surface area is 182 Å². The molecule has 0 aliphatic carbocycles. The first-order valence-electron chi connectivity index (χ1n) is 9.28. The number of hydrogen-bond donors (Lipinski definition) is 0. The number of aromatic nitrogens is 4. The molecule has 0 bridgehead atoms. The fourth-order valence-corrected chi connectivity index (χ4v) is 5.99. The maximum Gasteiger partial charge on any atom is 0.243 e. The molecular formula is C18H20N6O3S3. The highest BCUT2D eigenvalue weighted by Gasteiger charge is 2.30. The van der Waals surface area contributed by atoms with Crippen LogP contribution in [0.3, 0.4) is 0 Å². The normalized spacial score (nSPS) is 15.4. The van der Waals surface area contributed by atoms with Crippen LogP contribution in [0.2, 0.25) is 0 Å². The van der Waals surface area contributed by atoms with Crippen LogP contribution in [0.25, 0.3) is 0 Å². The van der Waals surface area contributed by atoms with E-state index in [2.05, 4.69) is 15.5 Å². The van der Waals surface area contributed by atoms with Gasteiger partial charge in [0.25, 0.3) is 0 Å². The Bertz CT molecular complexity index is 1080. The maximum atomic E-state index is 12.7. The highest BCUT2D eigenvalue weighted by molar-refractivity contribution is 7.99. The molecule has 0 spiro atoms.